The molecule has 1 saturated carbocycles. The van der Waals surface area contributed by atoms with Crippen molar-refractivity contribution in [2.75, 3.05) is 37.3 Å². The molecule has 1 aromatic carbocycles. The van der Waals surface area contributed by atoms with Crippen molar-refractivity contribution in [2.24, 2.45) is 0 Å². The Balaban J connectivity index is 1.82. The van der Waals surface area contributed by atoms with E-state index in [1.807, 2.05) is 18.2 Å². The summed E-state index contributed by atoms with van der Waals surface area (Å²) in [4.78, 5) is 2.54. The van der Waals surface area contributed by atoms with E-state index in [1.54, 1.807) is 0 Å². The van der Waals surface area contributed by atoms with Gasteiger partial charge < -0.3 is 15.8 Å². The van der Waals surface area contributed by atoms with Gasteiger partial charge >= 0.3 is 0 Å². The minimum Gasteiger partial charge on any atom is -0.491 e. The third kappa shape index (κ3) is 4.30. The van der Waals surface area contributed by atoms with Crippen molar-refractivity contribution in [1.29, 1.82) is 0 Å². The fourth-order valence-electron chi connectivity index (χ4n) is 2.36. The summed E-state index contributed by atoms with van der Waals surface area (Å²) >= 11 is 0. The maximum absolute atomic E-state index is 5.92. The van der Waals surface area contributed by atoms with Gasteiger partial charge in [-0.25, -0.2) is 0 Å². The third-order valence-electron chi connectivity index (χ3n) is 3.67. The number of hydrogen-bond acceptors (Lipinski definition) is 4. The van der Waals surface area contributed by atoms with E-state index in [-0.39, 0.29) is 0 Å². The second-order valence-electron chi connectivity index (χ2n) is 5.39. The number of nitrogen functional groups attached to an aromatic ring is 1. The lowest BCUT2D eigenvalue weighted by molar-refractivity contribution is 0.289. The number of benzene rings is 1. The molecule has 0 aliphatic heterocycles. The molecule has 1 aliphatic carbocycles. The number of nitrogens with two attached hydrogens (primary N) is 1. The molecule has 1 fully saturated rings. The van der Waals surface area contributed by atoms with Crippen LogP contribution in [0.15, 0.2) is 18.2 Å². The maximum Gasteiger partial charge on any atom is 0.144 e. The molecule has 4 nitrogen and oxygen atoms in total. The van der Waals surface area contributed by atoms with E-state index in [9.17, 15) is 0 Å². The first-order valence-corrected chi connectivity index (χ1v) is 7.74. The second-order valence-corrected chi connectivity index (χ2v) is 5.39. The first-order chi connectivity index (χ1) is 9.74. The summed E-state index contributed by atoms with van der Waals surface area (Å²) in [5.74, 6) is 0.784. The van der Waals surface area contributed by atoms with Crippen molar-refractivity contribution >= 4 is 11.4 Å². The lowest BCUT2D eigenvalue weighted by Gasteiger charge is -2.20. The molecule has 0 aromatic heterocycles. The largest absolute Gasteiger partial charge is 0.491 e. The van der Waals surface area contributed by atoms with Crippen molar-refractivity contribution < 1.29 is 4.74 Å². The van der Waals surface area contributed by atoms with Crippen molar-refractivity contribution in [3.05, 3.63) is 18.2 Å². The Hall–Kier alpha value is -1.42. The summed E-state index contributed by atoms with van der Waals surface area (Å²) in [6.45, 7) is 8.23. The molecule has 1 aliphatic rings. The topological polar surface area (TPSA) is 50.5 Å². The number of rotatable bonds is 9. The molecule has 112 valence electrons. The quantitative estimate of drug-likeness (QED) is 0.681. The fraction of sp³-hybridized carbons (Fsp3) is 0.625. The van der Waals surface area contributed by atoms with Crippen LogP contribution in [-0.2, 0) is 0 Å². The van der Waals surface area contributed by atoms with Crippen LogP contribution in [0.5, 0.6) is 5.75 Å². The summed E-state index contributed by atoms with van der Waals surface area (Å²) in [6.07, 6.45) is 3.72. The van der Waals surface area contributed by atoms with Gasteiger partial charge in [0.15, 0.2) is 0 Å². The SMILES string of the molecule is CCCOc1cc(NCCN(CC)C2CC2)ccc1N. The Morgan fingerprint density at radius 1 is 1.35 bits per heavy atom. The molecular weight excluding hydrogens is 250 g/mol. The second kappa shape index (κ2) is 7.39. The van der Waals surface area contributed by atoms with Gasteiger partial charge in [-0.1, -0.05) is 13.8 Å². The van der Waals surface area contributed by atoms with E-state index in [2.05, 4.69) is 24.1 Å². The first kappa shape index (κ1) is 15.0. The lowest BCUT2D eigenvalue weighted by atomic mass is 10.2. The third-order valence-corrected chi connectivity index (χ3v) is 3.67. The predicted molar refractivity (Wildman–Crippen MR) is 85.4 cm³/mol. The van der Waals surface area contributed by atoms with Gasteiger partial charge in [0.2, 0.25) is 0 Å². The van der Waals surface area contributed by atoms with Crippen LogP contribution in [0.25, 0.3) is 0 Å². The highest BCUT2D eigenvalue weighted by Crippen LogP contribution is 2.27. The highest BCUT2D eigenvalue weighted by Gasteiger charge is 2.27. The standard InChI is InChI=1S/C16H27N3O/c1-3-11-20-16-12-13(5-8-15(16)17)18-9-10-19(4-2)14-6-7-14/h5,8,12,14,18H,3-4,6-7,9-11,17H2,1-2H3. The van der Waals surface area contributed by atoms with Gasteiger partial charge in [0.05, 0.1) is 12.3 Å². The molecule has 4 heteroatoms. The van der Waals surface area contributed by atoms with Gasteiger partial charge in [0, 0.05) is 30.9 Å². The molecule has 20 heavy (non-hydrogen) atoms. The smallest absolute Gasteiger partial charge is 0.144 e. The molecule has 1 aromatic rings. The van der Waals surface area contributed by atoms with Gasteiger partial charge in [-0.3, -0.25) is 4.90 Å². The summed E-state index contributed by atoms with van der Waals surface area (Å²) in [5.41, 5.74) is 7.70. The van der Waals surface area contributed by atoms with E-state index in [0.717, 1.165) is 43.5 Å². The Kier molecular flexibility index (Phi) is 5.53. The zero-order chi connectivity index (χ0) is 14.4. The van der Waals surface area contributed by atoms with Crippen LogP contribution < -0.4 is 15.8 Å². The van der Waals surface area contributed by atoms with Gasteiger partial charge in [-0.2, -0.15) is 0 Å². The average Bonchev–Trinajstić information content (AvgIpc) is 3.28. The van der Waals surface area contributed by atoms with Gasteiger partial charge in [-0.05, 0) is 37.9 Å². The zero-order valence-corrected chi connectivity index (χ0v) is 12.7. The molecule has 0 amide bonds. The molecule has 0 bridgehead atoms. The van der Waals surface area contributed by atoms with Crippen LogP contribution in [0.4, 0.5) is 11.4 Å². The number of ether oxygens (including phenoxy) is 1. The van der Waals surface area contributed by atoms with Gasteiger partial charge in [-0.15, -0.1) is 0 Å². The van der Waals surface area contributed by atoms with Gasteiger partial charge in [0.25, 0.3) is 0 Å². The van der Waals surface area contributed by atoms with E-state index >= 15 is 0 Å². The van der Waals surface area contributed by atoms with Gasteiger partial charge in [0.1, 0.15) is 5.75 Å². The predicted octanol–water partition coefficient (Wildman–Crippen LogP) is 2.95. The first-order valence-electron chi connectivity index (χ1n) is 7.74. The Labute approximate surface area is 122 Å². The van der Waals surface area contributed by atoms with E-state index < -0.39 is 0 Å². The van der Waals surface area contributed by atoms with Crippen LogP contribution in [0.3, 0.4) is 0 Å². The van der Waals surface area contributed by atoms with Crippen LogP contribution in [0.1, 0.15) is 33.1 Å². The van der Waals surface area contributed by atoms with E-state index in [1.165, 1.54) is 12.8 Å². The van der Waals surface area contributed by atoms with Crippen LogP contribution in [0.2, 0.25) is 0 Å². The normalized spacial score (nSPS) is 14.6. The summed E-state index contributed by atoms with van der Waals surface area (Å²) in [6, 6.07) is 6.75. The minimum absolute atomic E-state index is 0.706. The highest BCUT2D eigenvalue weighted by atomic mass is 16.5. The molecule has 0 radical (unpaired) electrons. The number of anilines is 2. The van der Waals surface area contributed by atoms with Crippen molar-refractivity contribution in [2.45, 2.75) is 39.2 Å². The molecule has 3 N–H and O–H groups in total. The molecule has 2 rings (SSSR count). The summed E-state index contributed by atoms with van der Waals surface area (Å²) in [7, 11) is 0. The zero-order valence-electron chi connectivity index (χ0n) is 12.7. The van der Waals surface area contributed by atoms with Crippen molar-refractivity contribution in [3.63, 3.8) is 0 Å². The van der Waals surface area contributed by atoms with Crippen molar-refractivity contribution in [1.82, 2.24) is 4.90 Å². The van der Waals surface area contributed by atoms with Crippen molar-refractivity contribution in [3.8, 4) is 5.75 Å². The van der Waals surface area contributed by atoms with E-state index in [4.69, 9.17) is 10.5 Å². The van der Waals surface area contributed by atoms with Crippen LogP contribution >= 0.6 is 0 Å². The molecular formula is C16H27N3O. The molecule has 0 heterocycles. The Morgan fingerprint density at radius 3 is 2.80 bits per heavy atom. The number of nitrogens with one attached hydrogen (secondary N) is 1. The minimum atomic E-state index is 0.706. The van der Waals surface area contributed by atoms with Crippen LogP contribution in [0, 0.1) is 0 Å². The maximum atomic E-state index is 5.92. The number of hydrogen-bond donors (Lipinski definition) is 2. The number of nitrogens with zero attached hydrogens (tertiary/aromatic N) is 1. The summed E-state index contributed by atoms with van der Waals surface area (Å²) in [5, 5.41) is 3.46. The molecule has 0 unspecified atom stereocenters. The monoisotopic (exact) mass is 277 g/mol. The van der Waals surface area contributed by atoms with E-state index in [0.29, 0.717) is 12.3 Å². The highest BCUT2D eigenvalue weighted by molar-refractivity contribution is 5.61. The number of likely N-dealkylation sites (N-methyl/N-ethyl adjacent to an activating group) is 1. The fourth-order valence-corrected chi connectivity index (χ4v) is 2.36. The summed E-state index contributed by atoms with van der Waals surface area (Å²) < 4.78 is 5.65. The lowest BCUT2D eigenvalue weighted by Crippen LogP contribution is -2.30. The Morgan fingerprint density at radius 2 is 2.15 bits per heavy atom. The average molecular weight is 277 g/mol. The molecule has 0 spiro atoms. The Bertz CT molecular complexity index is 418. The van der Waals surface area contributed by atoms with Crippen LogP contribution in [-0.4, -0.2) is 37.2 Å². The molecule has 0 saturated heterocycles. The molecule has 0 atom stereocenters.